The zero-order valence-electron chi connectivity index (χ0n) is 16.7. The Kier molecular flexibility index (Phi) is 8.15. The number of amides is 2. The van der Waals surface area contributed by atoms with Crippen LogP contribution in [0.2, 0.25) is 0 Å². The van der Waals surface area contributed by atoms with Crippen LogP contribution < -0.4 is 10.6 Å². The van der Waals surface area contributed by atoms with Crippen LogP contribution in [0.25, 0.3) is 0 Å². The summed E-state index contributed by atoms with van der Waals surface area (Å²) in [6, 6.07) is 0.787. The number of nitrogens with zero attached hydrogens (tertiary/aromatic N) is 1. The minimum Gasteiger partial charge on any atom is -0.450 e. The van der Waals surface area contributed by atoms with Crippen LogP contribution in [0.15, 0.2) is 18.2 Å². The molecule has 0 radical (unpaired) electrons. The zero-order chi connectivity index (χ0) is 23.2. The molecule has 1 aromatic rings. The van der Waals surface area contributed by atoms with Gasteiger partial charge in [0.05, 0.1) is 23.3 Å². The highest BCUT2D eigenvalue weighted by atomic mass is 19.4. The fourth-order valence-electron chi connectivity index (χ4n) is 3.18. The first-order valence-electron chi connectivity index (χ1n) is 9.65. The largest absolute Gasteiger partial charge is 0.450 e. The highest BCUT2D eigenvalue weighted by Gasteiger charge is 2.38. The number of nitrogens with one attached hydrogen (secondary N) is 2. The SMILES string of the molecule is CCOC(=O)N1CCC(NCCNC(=O)c2cc(C(F)(F)F)ccc2C(F)(F)F)CC1. The summed E-state index contributed by atoms with van der Waals surface area (Å²) in [6.07, 6.45) is -8.99. The number of carbonyl (C=O) groups excluding carboxylic acids is 2. The second kappa shape index (κ2) is 10.2. The second-order valence-electron chi connectivity index (χ2n) is 6.93. The lowest BCUT2D eigenvalue weighted by molar-refractivity contribution is -0.141. The molecular formula is C19H23F6N3O3. The van der Waals surface area contributed by atoms with Crippen LogP contribution in [0, 0.1) is 0 Å². The number of hydrogen-bond acceptors (Lipinski definition) is 4. The Balaban J connectivity index is 1.88. The maximum Gasteiger partial charge on any atom is 0.417 e. The number of hydrogen-bond donors (Lipinski definition) is 2. The third-order valence-electron chi connectivity index (χ3n) is 4.76. The van der Waals surface area contributed by atoms with E-state index in [-0.39, 0.29) is 37.9 Å². The third-order valence-corrected chi connectivity index (χ3v) is 4.76. The predicted molar refractivity (Wildman–Crippen MR) is 98.4 cm³/mol. The minimum absolute atomic E-state index is 0.0295. The lowest BCUT2D eigenvalue weighted by Gasteiger charge is -2.31. The molecule has 1 aliphatic heterocycles. The number of ether oxygens (including phenoxy) is 1. The molecule has 1 aliphatic rings. The van der Waals surface area contributed by atoms with Gasteiger partial charge in [0.25, 0.3) is 5.91 Å². The Labute approximate surface area is 174 Å². The maximum absolute atomic E-state index is 13.1. The van der Waals surface area contributed by atoms with Gasteiger partial charge in [-0.15, -0.1) is 0 Å². The molecule has 2 amide bonds. The number of halogens is 6. The van der Waals surface area contributed by atoms with E-state index < -0.39 is 41.0 Å². The van der Waals surface area contributed by atoms with Crippen LogP contribution in [0.1, 0.15) is 41.3 Å². The minimum atomic E-state index is -4.97. The fraction of sp³-hybridized carbons (Fsp3) is 0.579. The standard InChI is InChI=1S/C19H23F6N3O3/c1-2-31-17(30)28-9-5-13(6-10-28)26-7-8-27-16(29)14-11-12(18(20,21)22)3-4-15(14)19(23,24)25/h3-4,11,13,26H,2,5-10H2,1H3,(H,27,29). The van der Waals surface area contributed by atoms with Gasteiger partial charge in [0.2, 0.25) is 0 Å². The molecule has 0 aliphatic carbocycles. The van der Waals surface area contributed by atoms with Gasteiger partial charge in [-0.1, -0.05) is 0 Å². The van der Waals surface area contributed by atoms with E-state index in [9.17, 15) is 35.9 Å². The van der Waals surface area contributed by atoms with Crippen molar-refractivity contribution in [3.63, 3.8) is 0 Å². The molecular weight excluding hydrogens is 432 g/mol. The number of piperidine rings is 1. The highest BCUT2D eigenvalue weighted by molar-refractivity contribution is 5.96. The first-order valence-corrected chi connectivity index (χ1v) is 9.65. The van der Waals surface area contributed by atoms with Crippen molar-refractivity contribution in [1.29, 1.82) is 0 Å². The topological polar surface area (TPSA) is 70.7 Å². The van der Waals surface area contributed by atoms with Crippen molar-refractivity contribution in [2.75, 3.05) is 32.8 Å². The Bertz CT molecular complexity index is 774. The van der Waals surface area contributed by atoms with Gasteiger partial charge in [-0.05, 0) is 38.0 Å². The van der Waals surface area contributed by atoms with E-state index in [4.69, 9.17) is 4.74 Å². The van der Waals surface area contributed by atoms with Gasteiger partial charge in [0.1, 0.15) is 0 Å². The summed E-state index contributed by atoms with van der Waals surface area (Å²) >= 11 is 0. The Hall–Kier alpha value is -2.50. The Morgan fingerprint density at radius 1 is 1.06 bits per heavy atom. The summed E-state index contributed by atoms with van der Waals surface area (Å²) < 4.78 is 82.7. The van der Waals surface area contributed by atoms with Gasteiger partial charge in [-0.3, -0.25) is 4.79 Å². The van der Waals surface area contributed by atoms with Gasteiger partial charge in [-0.2, -0.15) is 26.3 Å². The van der Waals surface area contributed by atoms with Gasteiger partial charge in [0, 0.05) is 32.2 Å². The van der Waals surface area contributed by atoms with Gasteiger partial charge >= 0.3 is 18.4 Å². The van der Waals surface area contributed by atoms with Gasteiger partial charge in [0.15, 0.2) is 0 Å². The van der Waals surface area contributed by atoms with Crippen LogP contribution >= 0.6 is 0 Å². The number of carbonyl (C=O) groups is 2. The predicted octanol–water partition coefficient (Wildman–Crippen LogP) is 3.66. The van der Waals surface area contributed by atoms with Crippen LogP contribution in [0.3, 0.4) is 0 Å². The fourth-order valence-corrected chi connectivity index (χ4v) is 3.18. The molecule has 1 saturated heterocycles. The molecule has 12 heteroatoms. The summed E-state index contributed by atoms with van der Waals surface area (Å²) in [5.74, 6) is -1.24. The van der Waals surface area contributed by atoms with Crippen molar-refractivity contribution >= 4 is 12.0 Å². The third kappa shape index (κ3) is 7.01. The van der Waals surface area contributed by atoms with E-state index in [1.54, 1.807) is 11.8 Å². The van der Waals surface area contributed by atoms with E-state index in [1.165, 1.54) is 0 Å². The molecule has 0 spiro atoms. The first-order chi connectivity index (χ1) is 14.4. The molecule has 0 saturated carbocycles. The van der Waals surface area contributed by atoms with Crippen LogP contribution in [-0.4, -0.2) is 55.7 Å². The number of likely N-dealkylation sites (tertiary alicyclic amines) is 1. The number of alkyl halides is 6. The van der Waals surface area contributed by atoms with Crippen molar-refractivity contribution in [2.24, 2.45) is 0 Å². The van der Waals surface area contributed by atoms with Crippen molar-refractivity contribution in [2.45, 2.75) is 38.2 Å². The molecule has 31 heavy (non-hydrogen) atoms. The van der Waals surface area contributed by atoms with E-state index in [0.29, 0.717) is 32.0 Å². The summed E-state index contributed by atoms with van der Waals surface area (Å²) in [6.45, 7) is 3.06. The molecule has 0 aromatic heterocycles. The number of rotatable bonds is 6. The summed E-state index contributed by atoms with van der Waals surface area (Å²) in [5, 5.41) is 5.32. The van der Waals surface area contributed by atoms with Crippen molar-refractivity contribution in [3.8, 4) is 0 Å². The van der Waals surface area contributed by atoms with E-state index in [0.717, 1.165) is 0 Å². The molecule has 1 fully saturated rings. The number of benzene rings is 1. The molecule has 1 heterocycles. The molecule has 1 aromatic carbocycles. The quantitative estimate of drug-likeness (QED) is 0.508. The normalized spacial score (nSPS) is 15.6. The molecule has 0 atom stereocenters. The second-order valence-corrected chi connectivity index (χ2v) is 6.93. The van der Waals surface area contributed by atoms with Crippen LogP contribution in [-0.2, 0) is 17.1 Å². The molecule has 0 bridgehead atoms. The zero-order valence-corrected chi connectivity index (χ0v) is 16.7. The van der Waals surface area contributed by atoms with E-state index >= 15 is 0 Å². The van der Waals surface area contributed by atoms with Gasteiger partial charge < -0.3 is 20.3 Å². The summed E-state index contributed by atoms with van der Waals surface area (Å²) in [7, 11) is 0. The monoisotopic (exact) mass is 455 g/mol. The average Bonchev–Trinajstić information content (AvgIpc) is 2.70. The maximum atomic E-state index is 13.1. The van der Waals surface area contributed by atoms with Crippen molar-refractivity contribution in [3.05, 3.63) is 34.9 Å². The van der Waals surface area contributed by atoms with E-state index in [2.05, 4.69) is 10.6 Å². The molecule has 174 valence electrons. The van der Waals surface area contributed by atoms with Crippen molar-refractivity contribution < 1.29 is 40.7 Å². The van der Waals surface area contributed by atoms with E-state index in [1.807, 2.05) is 0 Å². The molecule has 6 nitrogen and oxygen atoms in total. The Morgan fingerprint density at radius 2 is 1.71 bits per heavy atom. The molecule has 2 N–H and O–H groups in total. The Morgan fingerprint density at radius 3 is 2.26 bits per heavy atom. The van der Waals surface area contributed by atoms with Gasteiger partial charge in [-0.25, -0.2) is 4.79 Å². The average molecular weight is 455 g/mol. The van der Waals surface area contributed by atoms with Crippen LogP contribution in [0.5, 0.6) is 0 Å². The summed E-state index contributed by atoms with van der Waals surface area (Å²) in [5.41, 5.74) is -3.85. The first kappa shape index (κ1) is 24.8. The summed E-state index contributed by atoms with van der Waals surface area (Å²) in [4.78, 5) is 25.4. The molecule has 2 rings (SSSR count). The molecule has 0 unspecified atom stereocenters. The van der Waals surface area contributed by atoms with Crippen LogP contribution in [0.4, 0.5) is 31.1 Å². The highest BCUT2D eigenvalue weighted by Crippen LogP contribution is 2.36. The smallest absolute Gasteiger partial charge is 0.417 e. The van der Waals surface area contributed by atoms with Crippen molar-refractivity contribution in [1.82, 2.24) is 15.5 Å². The lowest BCUT2D eigenvalue weighted by atomic mass is 10.0. The lowest BCUT2D eigenvalue weighted by Crippen LogP contribution is -2.46.